The van der Waals surface area contributed by atoms with E-state index in [4.69, 9.17) is 9.47 Å². The fraction of sp³-hybridized carbons (Fsp3) is 0.870. The molecule has 3 fully saturated rings. The van der Waals surface area contributed by atoms with Gasteiger partial charge in [0.2, 0.25) is 0 Å². The van der Waals surface area contributed by atoms with E-state index in [1.54, 1.807) is 0 Å². The lowest BCUT2D eigenvalue weighted by molar-refractivity contribution is -0.169. The molecule has 2 bridgehead atoms. The first-order chi connectivity index (χ1) is 13.4. The minimum Gasteiger partial charge on any atom is -0.378 e. The van der Waals surface area contributed by atoms with Crippen molar-refractivity contribution in [3.05, 3.63) is 12.2 Å². The number of ether oxygens (including phenoxy) is 2. The van der Waals surface area contributed by atoms with Crippen LogP contribution in [-0.2, 0) is 14.3 Å². The third-order valence-electron chi connectivity index (χ3n) is 7.08. The lowest BCUT2D eigenvalue weighted by Crippen LogP contribution is -2.36. The first-order valence-electron chi connectivity index (χ1n) is 11.3. The highest BCUT2D eigenvalue weighted by Gasteiger charge is 2.47. The number of carbonyl (C=O) groups is 1. The van der Waals surface area contributed by atoms with Crippen LogP contribution in [0.5, 0.6) is 0 Å². The Bertz CT molecular complexity index is 539. The third-order valence-corrected chi connectivity index (χ3v) is 7.08. The van der Waals surface area contributed by atoms with Crippen molar-refractivity contribution in [2.24, 2.45) is 17.3 Å². The van der Waals surface area contributed by atoms with Gasteiger partial charge in [0.05, 0.1) is 18.3 Å². The van der Waals surface area contributed by atoms with Gasteiger partial charge in [0.1, 0.15) is 0 Å². The van der Waals surface area contributed by atoms with Gasteiger partial charge in [0.25, 0.3) is 5.91 Å². The summed E-state index contributed by atoms with van der Waals surface area (Å²) in [7, 11) is 1.39. The van der Waals surface area contributed by atoms with Crippen molar-refractivity contribution in [1.29, 1.82) is 0 Å². The second-order valence-corrected chi connectivity index (χ2v) is 9.64. The van der Waals surface area contributed by atoms with E-state index in [1.165, 1.54) is 45.6 Å². The summed E-state index contributed by atoms with van der Waals surface area (Å²) >= 11 is 0. The molecule has 0 radical (unpaired) electrons. The second kappa shape index (κ2) is 9.73. The molecule has 2 heterocycles. The van der Waals surface area contributed by atoms with E-state index in [-0.39, 0.29) is 5.91 Å². The van der Waals surface area contributed by atoms with Crippen molar-refractivity contribution in [3.8, 4) is 0 Å². The number of hydrogen-bond donors (Lipinski definition) is 1. The van der Waals surface area contributed by atoms with E-state index in [0.29, 0.717) is 35.2 Å². The van der Waals surface area contributed by atoms with E-state index in [2.05, 4.69) is 12.2 Å². The number of amides is 1. The summed E-state index contributed by atoms with van der Waals surface area (Å²) in [4.78, 5) is 12.0. The Hall–Kier alpha value is -0.910. The summed E-state index contributed by atoms with van der Waals surface area (Å²) in [6.45, 7) is 4.66. The van der Waals surface area contributed by atoms with Gasteiger partial charge in [-0.05, 0) is 63.2 Å². The molecule has 1 aliphatic carbocycles. The average Bonchev–Trinajstić information content (AvgIpc) is 3.39. The summed E-state index contributed by atoms with van der Waals surface area (Å²) in [5.41, 5.74) is -0.538. The molecule has 1 amide bonds. The highest BCUT2D eigenvalue weighted by atomic mass is 16.5. The minimum atomic E-state index is -0.538. The number of rotatable bonds is 10. The Labute approximate surface area is 170 Å². The molecule has 5 nitrogen and oxygen atoms in total. The molecule has 160 valence electrons. The van der Waals surface area contributed by atoms with Crippen LogP contribution in [0, 0.1) is 17.3 Å². The summed E-state index contributed by atoms with van der Waals surface area (Å²) in [6.07, 6.45) is 17.2. The maximum Gasteiger partial charge on any atom is 0.251 e. The smallest absolute Gasteiger partial charge is 0.251 e. The fourth-order valence-corrected chi connectivity index (χ4v) is 5.38. The molecule has 1 N–H and O–H groups in total. The Balaban J connectivity index is 1.41. The molecular formula is C23H39NO4. The fourth-order valence-electron chi connectivity index (χ4n) is 5.38. The van der Waals surface area contributed by atoms with Crippen molar-refractivity contribution in [1.82, 2.24) is 5.06 Å². The molecule has 28 heavy (non-hydrogen) atoms. The van der Waals surface area contributed by atoms with Gasteiger partial charge in [0.15, 0.2) is 0 Å². The molecule has 0 aromatic rings. The molecule has 0 spiro atoms. The third kappa shape index (κ3) is 5.37. The molecule has 3 aliphatic rings. The molecule has 5 heteroatoms. The zero-order valence-electron chi connectivity index (χ0n) is 17.9. The summed E-state index contributed by atoms with van der Waals surface area (Å²) < 4.78 is 12.3. The van der Waals surface area contributed by atoms with Gasteiger partial charge in [-0.1, -0.05) is 38.8 Å². The summed E-state index contributed by atoms with van der Waals surface area (Å²) in [5.74, 6) is 1.01. The van der Waals surface area contributed by atoms with Crippen LogP contribution in [-0.4, -0.2) is 48.1 Å². The normalized spacial score (nSPS) is 30.6. The van der Waals surface area contributed by atoms with Gasteiger partial charge in [-0.2, -0.15) is 0 Å². The average molecular weight is 394 g/mol. The zero-order valence-corrected chi connectivity index (χ0v) is 17.9. The van der Waals surface area contributed by atoms with E-state index >= 15 is 0 Å². The maximum atomic E-state index is 12.0. The highest BCUT2D eigenvalue weighted by molar-refractivity contribution is 5.80. The van der Waals surface area contributed by atoms with Crippen molar-refractivity contribution in [3.63, 3.8) is 0 Å². The van der Waals surface area contributed by atoms with E-state index in [0.717, 1.165) is 32.3 Å². The topological polar surface area (TPSA) is 59.0 Å². The van der Waals surface area contributed by atoms with Crippen LogP contribution < -0.4 is 0 Å². The number of hydrogen-bond acceptors (Lipinski definition) is 4. The minimum absolute atomic E-state index is 0.232. The van der Waals surface area contributed by atoms with Crippen LogP contribution in [0.3, 0.4) is 0 Å². The largest absolute Gasteiger partial charge is 0.378 e. The molecule has 3 rings (SSSR count). The maximum absolute atomic E-state index is 12.0. The number of nitrogens with zero attached hydrogens (tertiary/aromatic N) is 1. The molecular weight excluding hydrogens is 354 g/mol. The molecule has 2 aliphatic heterocycles. The standard InChI is InChI=1S/C23H39NO4/c1-23(2,22(25)24(3)26)15-8-4-5-11-18-19(21-13-12-20(18)28-21)14-16-27-17-9-6-7-10-17/h4-5,17-21,26H,6-16H2,1-3H3/b5-4-/t18-,19+,20-,21+/m0/s1. The van der Waals surface area contributed by atoms with Gasteiger partial charge in [0, 0.05) is 19.1 Å². The molecule has 2 saturated heterocycles. The summed E-state index contributed by atoms with van der Waals surface area (Å²) in [5, 5.41) is 10.1. The molecule has 0 unspecified atom stereocenters. The Kier molecular flexibility index (Phi) is 7.57. The number of carbonyl (C=O) groups excluding carboxylic acids is 1. The zero-order chi connectivity index (χ0) is 20.1. The van der Waals surface area contributed by atoms with Gasteiger partial charge in [-0.3, -0.25) is 10.0 Å². The first kappa shape index (κ1) is 21.8. The lowest BCUT2D eigenvalue weighted by Gasteiger charge is -2.27. The monoisotopic (exact) mass is 393 g/mol. The SMILES string of the molecule is CN(O)C(=O)C(C)(C)CC/C=C\C[C@H]1[C@@H](CCOC2CCCC2)[C@H]2CC[C@@H]1O2. The van der Waals surface area contributed by atoms with Gasteiger partial charge in [-0.25, -0.2) is 5.06 Å². The van der Waals surface area contributed by atoms with Crippen LogP contribution in [0.25, 0.3) is 0 Å². The van der Waals surface area contributed by atoms with E-state index < -0.39 is 5.41 Å². The van der Waals surface area contributed by atoms with Crippen molar-refractivity contribution in [2.75, 3.05) is 13.7 Å². The van der Waals surface area contributed by atoms with Crippen LogP contribution in [0.1, 0.15) is 78.1 Å². The van der Waals surface area contributed by atoms with Crippen LogP contribution in [0.15, 0.2) is 12.2 Å². The first-order valence-corrected chi connectivity index (χ1v) is 11.3. The van der Waals surface area contributed by atoms with Crippen LogP contribution in [0.4, 0.5) is 0 Å². The molecule has 4 atom stereocenters. The van der Waals surface area contributed by atoms with Gasteiger partial charge in [-0.15, -0.1) is 0 Å². The quantitative estimate of drug-likeness (QED) is 0.331. The van der Waals surface area contributed by atoms with E-state index in [1.807, 2.05) is 13.8 Å². The van der Waals surface area contributed by atoms with Gasteiger partial charge >= 0.3 is 0 Å². The molecule has 1 saturated carbocycles. The Morgan fingerprint density at radius 3 is 2.50 bits per heavy atom. The van der Waals surface area contributed by atoms with E-state index in [9.17, 15) is 10.0 Å². The lowest BCUT2D eigenvalue weighted by atomic mass is 9.76. The Morgan fingerprint density at radius 2 is 1.82 bits per heavy atom. The number of fused-ring (bicyclic) bond motifs is 2. The number of allylic oxidation sites excluding steroid dienone is 2. The van der Waals surface area contributed by atoms with Crippen LogP contribution in [0.2, 0.25) is 0 Å². The molecule has 0 aromatic carbocycles. The van der Waals surface area contributed by atoms with Crippen LogP contribution >= 0.6 is 0 Å². The number of hydroxylamine groups is 2. The van der Waals surface area contributed by atoms with Gasteiger partial charge < -0.3 is 9.47 Å². The Morgan fingerprint density at radius 1 is 1.14 bits per heavy atom. The second-order valence-electron chi connectivity index (χ2n) is 9.64. The molecule has 0 aromatic heterocycles. The highest BCUT2D eigenvalue weighted by Crippen LogP contribution is 2.46. The predicted octanol–water partition coefficient (Wildman–Crippen LogP) is 4.73. The predicted molar refractivity (Wildman–Crippen MR) is 109 cm³/mol. The van der Waals surface area contributed by atoms with Crippen molar-refractivity contribution < 1.29 is 19.5 Å². The summed E-state index contributed by atoms with van der Waals surface area (Å²) in [6, 6.07) is 0. The van der Waals surface area contributed by atoms with Crippen molar-refractivity contribution in [2.45, 2.75) is 96.4 Å². The van der Waals surface area contributed by atoms with Crippen molar-refractivity contribution >= 4 is 5.91 Å².